The van der Waals surface area contributed by atoms with Gasteiger partial charge in [0.25, 0.3) is 5.78 Å². The Morgan fingerprint density at radius 3 is 2.75 bits per heavy atom. The van der Waals surface area contributed by atoms with Gasteiger partial charge in [0.1, 0.15) is 22.6 Å². The molecule has 0 bridgehead atoms. The number of aliphatic hydroxyl groups is 1. The van der Waals surface area contributed by atoms with E-state index in [2.05, 4.69) is 26.1 Å². The lowest BCUT2D eigenvalue weighted by Crippen LogP contribution is -2.29. The first-order valence-electron chi connectivity index (χ1n) is 10.00. The van der Waals surface area contributed by atoms with Crippen LogP contribution in [0.25, 0.3) is 5.76 Å². The Labute approximate surface area is 196 Å². The Kier molecular flexibility index (Phi) is 5.10. The molecule has 5 rings (SSSR count). The molecule has 32 heavy (non-hydrogen) atoms. The van der Waals surface area contributed by atoms with Crippen LogP contribution in [0.5, 0.6) is 5.75 Å². The highest BCUT2D eigenvalue weighted by molar-refractivity contribution is 9.10. The molecule has 1 aromatic heterocycles. The highest BCUT2D eigenvalue weighted by Gasteiger charge is 2.48. The van der Waals surface area contributed by atoms with E-state index in [4.69, 9.17) is 4.74 Å². The van der Waals surface area contributed by atoms with Gasteiger partial charge in [-0.25, -0.2) is 0 Å². The molecular weight excluding hydrogens is 494 g/mol. The molecule has 2 aliphatic rings. The predicted octanol–water partition coefficient (Wildman–Crippen LogP) is 4.56. The van der Waals surface area contributed by atoms with E-state index in [9.17, 15) is 14.7 Å². The number of hydrogen-bond donors (Lipinski definition) is 1. The second-order valence-corrected chi connectivity index (χ2v) is 9.86. The minimum absolute atomic E-state index is 0.0212. The summed E-state index contributed by atoms with van der Waals surface area (Å²) in [4.78, 5) is 27.6. The molecule has 3 aromatic rings. The first-order chi connectivity index (χ1) is 15.3. The standard InChI is InChI=1S/C23H18BrN3O4S/c1-11-8-15-9-14(6-7-17(15)31-11)20(28)18-19(13-4-3-5-16(24)10-13)27(22(30)21(18)29)23-26-25-12(2)32-23/h3-7,9-11,19,28H,8H2,1-2H3/t11-,19+/m0/s1. The van der Waals surface area contributed by atoms with Crippen molar-refractivity contribution in [1.82, 2.24) is 10.2 Å². The molecule has 1 amide bonds. The van der Waals surface area contributed by atoms with Crippen molar-refractivity contribution in [2.75, 3.05) is 4.90 Å². The molecule has 0 radical (unpaired) electrons. The van der Waals surface area contributed by atoms with Gasteiger partial charge in [0.05, 0.1) is 11.6 Å². The summed E-state index contributed by atoms with van der Waals surface area (Å²) in [6.45, 7) is 3.75. The normalized spacial score (nSPS) is 21.7. The van der Waals surface area contributed by atoms with Gasteiger partial charge in [0.2, 0.25) is 5.13 Å². The lowest BCUT2D eigenvalue weighted by molar-refractivity contribution is -0.132. The van der Waals surface area contributed by atoms with Gasteiger partial charge in [-0.15, -0.1) is 10.2 Å². The van der Waals surface area contributed by atoms with Gasteiger partial charge >= 0.3 is 5.91 Å². The van der Waals surface area contributed by atoms with E-state index >= 15 is 0 Å². The summed E-state index contributed by atoms with van der Waals surface area (Å²) >= 11 is 4.67. The number of aliphatic hydroxyl groups excluding tert-OH is 1. The third kappa shape index (κ3) is 3.41. The van der Waals surface area contributed by atoms with Crippen molar-refractivity contribution in [3.63, 3.8) is 0 Å². The number of carbonyl (C=O) groups is 2. The van der Waals surface area contributed by atoms with E-state index in [1.165, 1.54) is 16.2 Å². The third-order valence-electron chi connectivity index (χ3n) is 5.50. The molecule has 9 heteroatoms. The molecule has 0 aliphatic carbocycles. The molecule has 0 unspecified atom stereocenters. The summed E-state index contributed by atoms with van der Waals surface area (Å²) in [5, 5.41) is 20.3. The van der Waals surface area contributed by atoms with E-state index in [1.54, 1.807) is 19.1 Å². The number of benzene rings is 2. The second kappa shape index (κ2) is 7.83. The van der Waals surface area contributed by atoms with Crippen molar-refractivity contribution in [3.05, 3.63) is 74.2 Å². The molecule has 3 heterocycles. The molecule has 0 spiro atoms. The number of halogens is 1. The molecule has 1 saturated heterocycles. The van der Waals surface area contributed by atoms with Gasteiger partial charge in [-0.1, -0.05) is 39.4 Å². The van der Waals surface area contributed by atoms with Crippen LogP contribution in [0, 0.1) is 6.92 Å². The Bertz CT molecular complexity index is 1300. The van der Waals surface area contributed by atoms with Gasteiger partial charge in [-0.3, -0.25) is 14.5 Å². The largest absolute Gasteiger partial charge is 0.507 e. The first kappa shape index (κ1) is 20.8. The monoisotopic (exact) mass is 511 g/mol. The maximum atomic E-state index is 13.2. The second-order valence-electron chi connectivity index (χ2n) is 7.78. The number of nitrogens with zero attached hydrogens (tertiary/aromatic N) is 3. The third-order valence-corrected chi connectivity index (χ3v) is 6.83. The summed E-state index contributed by atoms with van der Waals surface area (Å²) in [5.41, 5.74) is 2.11. The zero-order valence-corrected chi connectivity index (χ0v) is 19.6. The fourth-order valence-electron chi connectivity index (χ4n) is 4.13. The van der Waals surface area contributed by atoms with E-state index in [1.807, 2.05) is 37.3 Å². The number of anilines is 1. The number of carbonyl (C=O) groups excluding carboxylic acids is 2. The molecular formula is C23H18BrN3O4S. The van der Waals surface area contributed by atoms with Crippen LogP contribution in [0.4, 0.5) is 5.13 Å². The van der Waals surface area contributed by atoms with Crippen LogP contribution < -0.4 is 9.64 Å². The van der Waals surface area contributed by atoms with Gasteiger partial charge in [0.15, 0.2) is 0 Å². The Balaban J connectivity index is 1.69. The van der Waals surface area contributed by atoms with Crippen LogP contribution in [-0.2, 0) is 16.0 Å². The molecule has 2 aliphatic heterocycles. The minimum atomic E-state index is -0.830. The van der Waals surface area contributed by atoms with Gasteiger partial charge in [-0.05, 0) is 55.3 Å². The van der Waals surface area contributed by atoms with Gasteiger partial charge in [0, 0.05) is 16.5 Å². The number of fused-ring (bicyclic) bond motifs is 1. The molecule has 2 aromatic carbocycles. The fourth-order valence-corrected chi connectivity index (χ4v) is 5.26. The van der Waals surface area contributed by atoms with E-state index in [-0.39, 0.29) is 17.4 Å². The molecule has 2 atom stereocenters. The lowest BCUT2D eigenvalue weighted by atomic mass is 9.94. The molecule has 162 valence electrons. The van der Waals surface area contributed by atoms with Crippen LogP contribution >= 0.6 is 27.3 Å². The zero-order valence-electron chi connectivity index (χ0n) is 17.2. The Morgan fingerprint density at radius 1 is 1.22 bits per heavy atom. The number of hydrogen-bond acceptors (Lipinski definition) is 7. The zero-order chi connectivity index (χ0) is 22.6. The summed E-state index contributed by atoms with van der Waals surface area (Å²) < 4.78 is 6.53. The van der Waals surface area contributed by atoms with Crippen molar-refractivity contribution in [3.8, 4) is 5.75 Å². The molecule has 0 saturated carbocycles. The number of ether oxygens (including phenoxy) is 1. The van der Waals surface area contributed by atoms with Crippen LogP contribution in [0.1, 0.15) is 34.7 Å². The lowest BCUT2D eigenvalue weighted by Gasteiger charge is -2.22. The van der Waals surface area contributed by atoms with Crippen LogP contribution in [0.2, 0.25) is 0 Å². The predicted molar refractivity (Wildman–Crippen MR) is 124 cm³/mol. The molecule has 7 nitrogen and oxygen atoms in total. The van der Waals surface area contributed by atoms with Crippen molar-refractivity contribution in [2.24, 2.45) is 0 Å². The molecule has 1 fully saturated rings. The highest BCUT2D eigenvalue weighted by atomic mass is 79.9. The summed E-state index contributed by atoms with van der Waals surface area (Å²) in [6, 6.07) is 11.8. The van der Waals surface area contributed by atoms with Gasteiger partial charge < -0.3 is 9.84 Å². The van der Waals surface area contributed by atoms with Crippen LogP contribution in [0.15, 0.2) is 52.5 Å². The number of Topliss-reactive ketones (excluding diaryl/α,β-unsaturated/α-hetero) is 1. The van der Waals surface area contributed by atoms with Crippen molar-refractivity contribution in [2.45, 2.75) is 32.4 Å². The number of amides is 1. The van der Waals surface area contributed by atoms with Crippen LogP contribution in [-0.4, -0.2) is 33.1 Å². The SMILES string of the molecule is Cc1nnc(N2C(=O)C(=O)C(=C(O)c3ccc4c(c3)C[C@H](C)O4)[C@H]2c2cccc(Br)c2)s1. The Morgan fingerprint density at radius 2 is 2.03 bits per heavy atom. The fraction of sp³-hybridized carbons (Fsp3) is 0.217. The van der Waals surface area contributed by atoms with Crippen molar-refractivity contribution < 1.29 is 19.4 Å². The quantitative estimate of drug-likeness (QED) is 0.314. The number of ketones is 1. The van der Waals surface area contributed by atoms with Gasteiger partial charge in [-0.2, -0.15) is 0 Å². The first-order valence-corrected chi connectivity index (χ1v) is 11.6. The number of rotatable bonds is 3. The molecule has 1 N–H and O–H groups in total. The summed E-state index contributed by atoms with van der Waals surface area (Å²) in [6.07, 6.45) is 0.763. The number of aromatic nitrogens is 2. The van der Waals surface area contributed by atoms with E-state index in [0.29, 0.717) is 27.7 Å². The van der Waals surface area contributed by atoms with E-state index < -0.39 is 17.7 Å². The maximum absolute atomic E-state index is 13.2. The minimum Gasteiger partial charge on any atom is -0.507 e. The maximum Gasteiger partial charge on any atom is 0.301 e. The summed E-state index contributed by atoms with van der Waals surface area (Å²) in [7, 11) is 0. The summed E-state index contributed by atoms with van der Waals surface area (Å²) in [5.74, 6) is -0.960. The highest BCUT2D eigenvalue weighted by Crippen LogP contribution is 2.44. The number of aryl methyl sites for hydroxylation is 1. The van der Waals surface area contributed by atoms with Crippen molar-refractivity contribution >= 4 is 49.8 Å². The van der Waals surface area contributed by atoms with E-state index in [0.717, 1.165) is 15.8 Å². The van der Waals surface area contributed by atoms with Crippen molar-refractivity contribution in [1.29, 1.82) is 0 Å². The van der Waals surface area contributed by atoms with Crippen LogP contribution in [0.3, 0.4) is 0 Å². The topological polar surface area (TPSA) is 92.6 Å². The average molecular weight is 512 g/mol. The Hall–Kier alpha value is -3.04. The smallest absolute Gasteiger partial charge is 0.301 e. The average Bonchev–Trinajstić information content (AvgIpc) is 3.42.